The van der Waals surface area contributed by atoms with Gasteiger partial charge in [0.2, 0.25) is 5.91 Å². The maximum absolute atomic E-state index is 10.9. The van der Waals surface area contributed by atoms with Gasteiger partial charge in [-0.1, -0.05) is 0 Å². The van der Waals surface area contributed by atoms with Gasteiger partial charge in [0.25, 0.3) is 0 Å². The fraction of sp³-hybridized carbons (Fsp3) is 0.417. The average Bonchev–Trinajstić information content (AvgIpc) is 2.29. The Morgan fingerprint density at radius 2 is 2.18 bits per heavy atom. The van der Waals surface area contributed by atoms with Crippen LogP contribution in [-0.4, -0.2) is 25.5 Å². The zero-order valence-corrected chi connectivity index (χ0v) is 10.7. The Morgan fingerprint density at radius 1 is 1.41 bits per heavy atom. The summed E-state index contributed by atoms with van der Waals surface area (Å²) in [5.41, 5.74) is 0.680. The van der Waals surface area contributed by atoms with Crippen LogP contribution in [-0.2, 0) is 4.79 Å². The molecule has 1 amide bonds. The number of ether oxygens (including phenoxy) is 2. The first kappa shape index (κ1) is 13.6. The molecule has 0 aliphatic rings. The van der Waals surface area contributed by atoms with Crippen LogP contribution in [0, 0.1) is 0 Å². The number of halogens is 1. The molecule has 5 heteroatoms. The highest BCUT2D eigenvalue weighted by atomic mass is 35.5. The summed E-state index contributed by atoms with van der Waals surface area (Å²) in [6.45, 7) is 1.97. The van der Waals surface area contributed by atoms with Gasteiger partial charge in [-0.25, -0.2) is 0 Å². The summed E-state index contributed by atoms with van der Waals surface area (Å²) in [5, 5.41) is 2.69. The van der Waals surface area contributed by atoms with Crippen molar-refractivity contribution in [1.82, 2.24) is 0 Å². The maximum atomic E-state index is 10.9. The first-order valence-corrected chi connectivity index (χ1v) is 5.85. The summed E-state index contributed by atoms with van der Waals surface area (Å²) >= 11 is 5.57. The molecule has 0 aliphatic heterocycles. The van der Waals surface area contributed by atoms with Crippen LogP contribution in [0.1, 0.15) is 13.3 Å². The van der Waals surface area contributed by atoms with E-state index in [0.29, 0.717) is 29.7 Å². The number of nitrogens with one attached hydrogen (secondary N) is 1. The first-order chi connectivity index (χ1) is 8.17. The average molecular weight is 258 g/mol. The minimum atomic E-state index is -0.123. The van der Waals surface area contributed by atoms with Gasteiger partial charge in [0.05, 0.1) is 13.7 Å². The van der Waals surface area contributed by atoms with Crippen molar-refractivity contribution in [2.24, 2.45) is 0 Å². The molecule has 0 atom stereocenters. The number of rotatable bonds is 6. The normalized spacial score (nSPS) is 9.82. The lowest BCUT2D eigenvalue weighted by Crippen LogP contribution is -2.06. The van der Waals surface area contributed by atoms with Crippen molar-refractivity contribution < 1.29 is 14.3 Å². The molecule has 0 saturated heterocycles. The van der Waals surface area contributed by atoms with Crippen LogP contribution in [0.3, 0.4) is 0 Å². The third-order valence-electron chi connectivity index (χ3n) is 2.02. The molecule has 1 N–H and O–H groups in total. The van der Waals surface area contributed by atoms with E-state index in [-0.39, 0.29) is 5.91 Å². The third-order valence-corrected chi connectivity index (χ3v) is 2.29. The first-order valence-electron chi connectivity index (χ1n) is 5.31. The van der Waals surface area contributed by atoms with E-state index in [2.05, 4.69) is 5.32 Å². The zero-order valence-electron chi connectivity index (χ0n) is 9.96. The van der Waals surface area contributed by atoms with Crippen molar-refractivity contribution in [3.63, 3.8) is 0 Å². The van der Waals surface area contributed by atoms with E-state index in [1.54, 1.807) is 25.3 Å². The Labute approximate surface area is 106 Å². The summed E-state index contributed by atoms with van der Waals surface area (Å²) in [5.74, 6) is 1.66. The summed E-state index contributed by atoms with van der Waals surface area (Å²) in [6.07, 6.45) is 0.759. The van der Waals surface area contributed by atoms with E-state index in [1.165, 1.54) is 6.92 Å². The Kier molecular flexibility index (Phi) is 5.63. The summed E-state index contributed by atoms with van der Waals surface area (Å²) in [4.78, 5) is 10.9. The number of carbonyl (C=O) groups is 1. The van der Waals surface area contributed by atoms with Crippen molar-refractivity contribution in [2.45, 2.75) is 13.3 Å². The predicted octanol–water partition coefficient (Wildman–Crippen LogP) is 2.66. The number of methoxy groups -OCH3 is 1. The molecule has 0 unspecified atom stereocenters. The molecule has 1 rings (SSSR count). The van der Waals surface area contributed by atoms with Gasteiger partial charge in [-0.05, 0) is 18.6 Å². The quantitative estimate of drug-likeness (QED) is 0.630. The van der Waals surface area contributed by atoms with Gasteiger partial charge in [-0.15, -0.1) is 11.6 Å². The second-order valence-electron chi connectivity index (χ2n) is 3.44. The molecule has 0 aromatic heterocycles. The van der Waals surface area contributed by atoms with Gasteiger partial charge in [-0.3, -0.25) is 4.79 Å². The van der Waals surface area contributed by atoms with Gasteiger partial charge in [0.15, 0.2) is 11.5 Å². The maximum Gasteiger partial charge on any atom is 0.221 e. The van der Waals surface area contributed by atoms with E-state index in [9.17, 15) is 4.79 Å². The molecule has 4 nitrogen and oxygen atoms in total. The van der Waals surface area contributed by atoms with Gasteiger partial charge >= 0.3 is 0 Å². The molecular formula is C12H16ClNO3. The second kappa shape index (κ2) is 7.01. The summed E-state index contributed by atoms with van der Waals surface area (Å²) < 4.78 is 10.7. The number of hydrogen-bond donors (Lipinski definition) is 1. The highest BCUT2D eigenvalue weighted by Gasteiger charge is 2.06. The highest BCUT2D eigenvalue weighted by Crippen LogP contribution is 2.30. The SMILES string of the molecule is COc1ccc(NC(C)=O)cc1OCCCCl. The minimum Gasteiger partial charge on any atom is -0.493 e. The van der Waals surface area contributed by atoms with E-state index < -0.39 is 0 Å². The van der Waals surface area contributed by atoms with E-state index in [4.69, 9.17) is 21.1 Å². The molecule has 0 fully saturated rings. The number of carbonyl (C=O) groups excluding carboxylic acids is 1. The lowest BCUT2D eigenvalue weighted by atomic mass is 10.2. The summed E-state index contributed by atoms with van der Waals surface area (Å²) in [7, 11) is 1.57. The smallest absolute Gasteiger partial charge is 0.221 e. The molecule has 0 bridgehead atoms. The second-order valence-corrected chi connectivity index (χ2v) is 3.82. The Bertz CT molecular complexity index is 382. The van der Waals surface area contributed by atoms with Crippen LogP contribution in [0.15, 0.2) is 18.2 Å². The van der Waals surface area contributed by atoms with Crippen LogP contribution >= 0.6 is 11.6 Å². The van der Waals surface area contributed by atoms with Gasteiger partial charge in [0, 0.05) is 24.6 Å². The van der Waals surface area contributed by atoms with Crippen LogP contribution in [0.25, 0.3) is 0 Å². The monoisotopic (exact) mass is 257 g/mol. The zero-order chi connectivity index (χ0) is 12.7. The predicted molar refractivity (Wildman–Crippen MR) is 68.1 cm³/mol. The number of hydrogen-bond acceptors (Lipinski definition) is 3. The van der Waals surface area contributed by atoms with Gasteiger partial charge in [-0.2, -0.15) is 0 Å². The fourth-order valence-corrected chi connectivity index (χ4v) is 1.42. The number of benzene rings is 1. The highest BCUT2D eigenvalue weighted by molar-refractivity contribution is 6.17. The number of alkyl halides is 1. The Balaban J connectivity index is 2.78. The lowest BCUT2D eigenvalue weighted by Gasteiger charge is -2.12. The molecule has 1 aromatic rings. The van der Waals surface area contributed by atoms with Crippen molar-refractivity contribution in [3.8, 4) is 11.5 Å². The Hall–Kier alpha value is -1.42. The van der Waals surface area contributed by atoms with E-state index in [1.807, 2.05) is 0 Å². The number of amides is 1. The van der Waals surface area contributed by atoms with Crippen LogP contribution in [0.5, 0.6) is 11.5 Å². The van der Waals surface area contributed by atoms with Crippen molar-refractivity contribution in [1.29, 1.82) is 0 Å². The standard InChI is InChI=1S/C12H16ClNO3/c1-9(15)14-10-4-5-11(16-2)12(8-10)17-7-3-6-13/h4-5,8H,3,6-7H2,1-2H3,(H,14,15). The van der Waals surface area contributed by atoms with Gasteiger partial charge in [0.1, 0.15) is 0 Å². The van der Waals surface area contributed by atoms with Gasteiger partial charge < -0.3 is 14.8 Å². The van der Waals surface area contributed by atoms with E-state index in [0.717, 1.165) is 6.42 Å². The molecule has 0 radical (unpaired) electrons. The number of anilines is 1. The molecule has 1 aromatic carbocycles. The van der Waals surface area contributed by atoms with Crippen molar-refractivity contribution in [3.05, 3.63) is 18.2 Å². The Morgan fingerprint density at radius 3 is 2.76 bits per heavy atom. The molecule has 94 valence electrons. The van der Waals surface area contributed by atoms with E-state index >= 15 is 0 Å². The molecule has 17 heavy (non-hydrogen) atoms. The van der Waals surface area contributed by atoms with Crippen LogP contribution in [0.2, 0.25) is 0 Å². The fourth-order valence-electron chi connectivity index (χ4n) is 1.31. The molecule has 0 aliphatic carbocycles. The lowest BCUT2D eigenvalue weighted by molar-refractivity contribution is -0.114. The summed E-state index contributed by atoms with van der Waals surface area (Å²) in [6, 6.07) is 5.24. The topological polar surface area (TPSA) is 47.6 Å². The minimum absolute atomic E-state index is 0.123. The third kappa shape index (κ3) is 4.53. The van der Waals surface area contributed by atoms with Crippen LogP contribution < -0.4 is 14.8 Å². The largest absolute Gasteiger partial charge is 0.493 e. The molecular weight excluding hydrogens is 242 g/mol. The van der Waals surface area contributed by atoms with Crippen molar-refractivity contribution in [2.75, 3.05) is 24.9 Å². The molecule has 0 saturated carbocycles. The van der Waals surface area contributed by atoms with Crippen molar-refractivity contribution >= 4 is 23.2 Å². The molecule has 0 heterocycles. The van der Waals surface area contributed by atoms with Crippen LogP contribution in [0.4, 0.5) is 5.69 Å². The molecule has 0 spiro atoms.